The minimum atomic E-state index is -0.621. The summed E-state index contributed by atoms with van der Waals surface area (Å²) in [5.41, 5.74) is 0.849. The van der Waals surface area contributed by atoms with Crippen LogP contribution in [0.3, 0.4) is 0 Å². The van der Waals surface area contributed by atoms with Crippen LogP contribution in [-0.4, -0.2) is 29.9 Å². The third-order valence-corrected chi connectivity index (χ3v) is 2.47. The highest BCUT2D eigenvalue weighted by Gasteiger charge is 2.22. The summed E-state index contributed by atoms with van der Waals surface area (Å²) in [6.45, 7) is 6.11. The first-order chi connectivity index (χ1) is 9.02. The summed E-state index contributed by atoms with van der Waals surface area (Å²) < 4.78 is 10.7. The molecule has 4 heteroatoms. The summed E-state index contributed by atoms with van der Waals surface area (Å²) in [5.74, 6) is -0.171. The van der Waals surface area contributed by atoms with Crippen LogP contribution in [0.2, 0.25) is 0 Å². The van der Waals surface area contributed by atoms with Crippen LogP contribution < -0.4 is 0 Å². The van der Waals surface area contributed by atoms with Gasteiger partial charge in [0.2, 0.25) is 0 Å². The molecule has 1 rings (SSSR count). The van der Waals surface area contributed by atoms with Gasteiger partial charge in [0.1, 0.15) is 5.75 Å². The van der Waals surface area contributed by atoms with Gasteiger partial charge in [-0.2, -0.15) is 0 Å². The second-order valence-electron chi connectivity index (χ2n) is 4.72. The number of ether oxygens (including phenoxy) is 2. The molecule has 0 amide bonds. The Balaban J connectivity index is 2.70. The molecule has 0 heterocycles. The van der Waals surface area contributed by atoms with Crippen molar-refractivity contribution >= 4 is 5.97 Å². The summed E-state index contributed by atoms with van der Waals surface area (Å²) >= 11 is 0. The predicted octanol–water partition coefficient (Wildman–Crippen LogP) is 2.68. The van der Waals surface area contributed by atoms with E-state index in [1.165, 1.54) is 0 Å². The summed E-state index contributed by atoms with van der Waals surface area (Å²) in [6, 6.07) is 6.82. The van der Waals surface area contributed by atoms with E-state index in [0.29, 0.717) is 13.0 Å². The number of hydrogen-bond acceptors (Lipinski definition) is 4. The molecule has 0 aliphatic rings. The number of rotatable bonds is 7. The average molecular weight is 266 g/mol. The minimum absolute atomic E-state index is 0.163. The fourth-order valence-electron chi connectivity index (χ4n) is 1.68. The van der Waals surface area contributed by atoms with Crippen molar-refractivity contribution in [3.05, 3.63) is 29.8 Å². The third kappa shape index (κ3) is 5.75. The van der Waals surface area contributed by atoms with Crippen LogP contribution in [0.25, 0.3) is 0 Å². The second kappa shape index (κ2) is 7.79. The topological polar surface area (TPSA) is 55.8 Å². The molecule has 0 radical (unpaired) electrons. The number of aromatic hydroxyl groups is 1. The number of phenols is 1. The lowest BCUT2D eigenvalue weighted by Crippen LogP contribution is -2.31. The van der Waals surface area contributed by atoms with Crippen LogP contribution in [0.1, 0.15) is 32.8 Å². The Labute approximate surface area is 114 Å². The standard InChI is InChI=1S/C15H22O4/c1-4-8-18-14(15(17)19-11(2)3)10-12-6-5-7-13(16)9-12/h5-7,9,11,14,16H,4,8,10H2,1-3H3. The third-order valence-electron chi connectivity index (χ3n) is 2.47. The molecule has 106 valence electrons. The van der Waals surface area contributed by atoms with Crippen molar-refractivity contribution in [2.75, 3.05) is 6.61 Å². The molecule has 1 atom stereocenters. The molecule has 0 aromatic heterocycles. The summed E-state index contributed by atoms with van der Waals surface area (Å²) in [4.78, 5) is 11.9. The molecule has 0 fully saturated rings. The van der Waals surface area contributed by atoms with Crippen LogP contribution in [0, 0.1) is 0 Å². The maximum atomic E-state index is 11.9. The number of hydrogen-bond donors (Lipinski definition) is 1. The fraction of sp³-hybridized carbons (Fsp3) is 0.533. The predicted molar refractivity (Wildman–Crippen MR) is 73.1 cm³/mol. The summed E-state index contributed by atoms with van der Waals surface area (Å²) in [7, 11) is 0. The largest absolute Gasteiger partial charge is 0.508 e. The van der Waals surface area contributed by atoms with Gasteiger partial charge in [-0.15, -0.1) is 0 Å². The lowest BCUT2D eigenvalue weighted by atomic mass is 10.1. The van der Waals surface area contributed by atoms with Crippen molar-refractivity contribution in [2.24, 2.45) is 0 Å². The lowest BCUT2D eigenvalue weighted by molar-refractivity contribution is -0.161. The Kier molecular flexibility index (Phi) is 6.36. The Morgan fingerprint density at radius 3 is 2.68 bits per heavy atom. The van der Waals surface area contributed by atoms with Crippen molar-refractivity contribution in [1.29, 1.82) is 0 Å². The smallest absolute Gasteiger partial charge is 0.335 e. The van der Waals surface area contributed by atoms with E-state index in [4.69, 9.17) is 9.47 Å². The molecule has 0 saturated carbocycles. The number of carbonyl (C=O) groups excluding carboxylic acids is 1. The zero-order valence-corrected chi connectivity index (χ0v) is 11.8. The summed E-state index contributed by atoms with van der Waals surface area (Å²) in [6.07, 6.45) is 0.458. The van der Waals surface area contributed by atoms with Crippen LogP contribution in [-0.2, 0) is 20.7 Å². The van der Waals surface area contributed by atoms with E-state index in [1.54, 1.807) is 18.2 Å². The second-order valence-corrected chi connectivity index (χ2v) is 4.72. The zero-order chi connectivity index (χ0) is 14.3. The Morgan fingerprint density at radius 1 is 1.37 bits per heavy atom. The minimum Gasteiger partial charge on any atom is -0.508 e. The van der Waals surface area contributed by atoms with Crippen molar-refractivity contribution in [3.63, 3.8) is 0 Å². The highest BCUT2D eigenvalue weighted by atomic mass is 16.6. The molecular weight excluding hydrogens is 244 g/mol. The molecule has 1 N–H and O–H groups in total. The molecule has 4 nitrogen and oxygen atoms in total. The van der Waals surface area contributed by atoms with Gasteiger partial charge in [0.05, 0.1) is 6.10 Å². The van der Waals surface area contributed by atoms with Gasteiger partial charge in [0.25, 0.3) is 0 Å². The molecule has 1 aromatic rings. The highest BCUT2D eigenvalue weighted by molar-refractivity contribution is 5.75. The Bertz CT molecular complexity index is 401. The Morgan fingerprint density at radius 2 is 2.11 bits per heavy atom. The first-order valence-corrected chi connectivity index (χ1v) is 6.63. The van der Waals surface area contributed by atoms with Crippen LogP contribution in [0.4, 0.5) is 0 Å². The molecule has 0 aliphatic carbocycles. The van der Waals surface area contributed by atoms with Crippen molar-refractivity contribution in [3.8, 4) is 5.75 Å². The lowest BCUT2D eigenvalue weighted by Gasteiger charge is -2.18. The van der Waals surface area contributed by atoms with Crippen LogP contribution in [0.5, 0.6) is 5.75 Å². The van der Waals surface area contributed by atoms with Gasteiger partial charge in [-0.3, -0.25) is 0 Å². The van der Waals surface area contributed by atoms with E-state index in [-0.39, 0.29) is 17.8 Å². The molecule has 0 aliphatic heterocycles. The average Bonchev–Trinajstić information content (AvgIpc) is 2.33. The molecule has 1 aromatic carbocycles. The highest BCUT2D eigenvalue weighted by Crippen LogP contribution is 2.15. The monoisotopic (exact) mass is 266 g/mol. The number of esters is 1. The van der Waals surface area contributed by atoms with Gasteiger partial charge in [-0.25, -0.2) is 4.79 Å². The van der Waals surface area contributed by atoms with Gasteiger partial charge >= 0.3 is 5.97 Å². The molecule has 19 heavy (non-hydrogen) atoms. The molecule has 0 saturated heterocycles. The van der Waals surface area contributed by atoms with E-state index in [0.717, 1.165) is 12.0 Å². The molecule has 0 spiro atoms. The first-order valence-electron chi connectivity index (χ1n) is 6.63. The van der Waals surface area contributed by atoms with Gasteiger partial charge < -0.3 is 14.6 Å². The van der Waals surface area contributed by atoms with Gasteiger partial charge in [-0.1, -0.05) is 19.1 Å². The van der Waals surface area contributed by atoms with E-state index >= 15 is 0 Å². The molecule has 1 unspecified atom stereocenters. The Hall–Kier alpha value is -1.55. The normalized spacial score (nSPS) is 12.4. The maximum absolute atomic E-state index is 11.9. The van der Waals surface area contributed by atoms with E-state index in [9.17, 15) is 9.90 Å². The SMILES string of the molecule is CCCOC(Cc1cccc(O)c1)C(=O)OC(C)C. The quantitative estimate of drug-likeness (QED) is 0.771. The van der Waals surface area contributed by atoms with Gasteiger partial charge in [0, 0.05) is 13.0 Å². The first kappa shape index (κ1) is 15.5. The van der Waals surface area contributed by atoms with E-state index in [1.807, 2.05) is 26.8 Å². The maximum Gasteiger partial charge on any atom is 0.335 e. The van der Waals surface area contributed by atoms with Crippen molar-refractivity contribution in [1.82, 2.24) is 0 Å². The van der Waals surface area contributed by atoms with Gasteiger partial charge in [-0.05, 0) is 38.0 Å². The van der Waals surface area contributed by atoms with Crippen molar-refractivity contribution in [2.45, 2.75) is 45.8 Å². The van der Waals surface area contributed by atoms with E-state index in [2.05, 4.69) is 0 Å². The number of carbonyl (C=O) groups is 1. The molecular formula is C15H22O4. The molecule has 0 bridgehead atoms. The van der Waals surface area contributed by atoms with Gasteiger partial charge in [0.15, 0.2) is 6.10 Å². The number of phenolic OH excluding ortho intramolecular Hbond substituents is 1. The van der Waals surface area contributed by atoms with Crippen molar-refractivity contribution < 1.29 is 19.4 Å². The number of benzene rings is 1. The van der Waals surface area contributed by atoms with Crippen LogP contribution >= 0.6 is 0 Å². The summed E-state index contributed by atoms with van der Waals surface area (Å²) in [5, 5.41) is 9.43. The van der Waals surface area contributed by atoms with Crippen LogP contribution in [0.15, 0.2) is 24.3 Å². The van der Waals surface area contributed by atoms with E-state index < -0.39 is 6.10 Å². The zero-order valence-electron chi connectivity index (χ0n) is 11.8. The fourth-order valence-corrected chi connectivity index (χ4v) is 1.68.